The van der Waals surface area contributed by atoms with Gasteiger partial charge in [0, 0.05) is 82.5 Å². The van der Waals surface area contributed by atoms with E-state index in [1.165, 1.54) is 5.56 Å². The van der Waals surface area contributed by atoms with Crippen molar-refractivity contribution >= 4 is 40.2 Å². The molecule has 0 radical (unpaired) electrons. The third-order valence-electron chi connectivity index (χ3n) is 7.70. The van der Waals surface area contributed by atoms with Crippen molar-refractivity contribution in [1.29, 1.82) is 0 Å². The van der Waals surface area contributed by atoms with Crippen LogP contribution in [0.2, 0.25) is 5.02 Å². The maximum Gasteiger partial charge on any atom is 0.410 e. The molecule has 2 aliphatic heterocycles. The van der Waals surface area contributed by atoms with Gasteiger partial charge in [0.05, 0.1) is 16.9 Å². The minimum Gasteiger partial charge on any atom is -0.444 e. The first-order valence-electron chi connectivity index (χ1n) is 14.5. The Bertz CT molecular complexity index is 1520. The molecule has 0 atom stereocenters. The van der Waals surface area contributed by atoms with Crippen molar-refractivity contribution in [3.63, 3.8) is 0 Å². The minimum absolute atomic E-state index is 0.248. The van der Waals surface area contributed by atoms with E-state index in [0.29, 0.717) is 18.1 Å². The zero-order chi connectivity index (χ0) is 29.3. The van der Waals surface area contributed by atoms with Gasteiger partial charge in [-0.25, -0.2) is 14.8 Å². The number of halogens is 1. The predicted molar refractivity (Wildman–Crippen MR) is 166 cm³/mol. The van der Waals surface area contributed by atoms with Crippen molar-refractivity contribution in [2.75, 3.05) is 62.2 Å². The number of pyridine rings is 2. The second-order valence-corrected chi connectivity index (χ2v) is 12.3. The highest BCUT2D eigenvalue weighted by Gasteiger charge is 2.27. The van der Waals surface area contributed by atoms with E-state index in [0.717, 1.165) is 79.7 Å². The summed E-state index contributed by atoms with van der Waals surface area (Å²) in [5, 5.41) is 0.613. The fourth-order valence-electron chi connectivity index (χ4n) is 5.54. The molecule has 1 aromatic carbocycles. The largest absolute Gasteiger partial charge is 0.444 e. The molecule has 11 heteroatoms. The lowest BCUT2D eigenvalue weighted by atomic mass is 10.1. The van der Waals surface area contributed by atoms with Crippen LogP contribution in [0.3, 0.4) is 0 Å². The maximum atomic E-state index is 12.4. The fraction of sp³-hybridized carbons (Fsp3) is 0.419. The SMILES string of the molecule is CC(C)(C)OC(=O)N1CCN(c2ccc(-c3nc4c(N5CCN(Cc6cccnc6)CC5)c(Cl)cnc4[nH]3)cc2)CC1. The summed E-state index contributed by atoms with van der Waals surface area (Å²) in [4.78, 5) is 38.4. The summed E-state index contributed by atoms with van der Waals surface area (Å²) in [6.45, 7) is 12.9. The molecule has 5 heterocycles. The molecule has 1 amide bonds. The average molecular weight is 589 g/mol. The van der Waals surface area contributed by atoms with E-state index in [9.17, 15) is 4.79 Å². The second kappa shape index (κ2) is 11.8. The minimum atomic E-state index is -0.488. The molecule has 10 nitrogen and oxygen atoms in total. The Kier molecular flexibility index (Phi) is 7.92. The zero-order valence-corrected chi connectivity index (χ0v) is 25.1. The molecule has 6 rings (SSSR count). The van der Waals surface area contributed by atoms with Gasteiger partial charge in [-0.15, -0.1) is 0 Å². The van der Waals surface area contributed by atoms with Crippen LogP contribution < -0.4 is 9.80 Å². The molecule has 1 N–H and O–H groups in total. The standard InChI is InChI=1S/C31H37ClN8O2/c1-31(2,3)42-30(41)40-17-15-38(16-18-40)24-8-6-23(7-9-24)28-35-26-27(25(32)20-34-29(26)36-28)39-13-11-37(12-14-39)21-22-5-4-10-33-19-22/h4-10,19-20H,11-18,21H2,1-3H3,(H,34,35,36). The number of ether oxygens (including phenoxy) is 1. The summed E-state index contributed by atoms with van der Waals surface area (Å²) in [6, 6.07) is 12.5. The second-order valence-electron chi connectivity index (χ2n) is 11.9. The van der Waals surface area contributed by atoms with E-state index in [1.54, 1.807) is 11.1 Å². The number of nitrogens with one attached hydrogen (secondary N) is 1. The van der Waals surface area contributed by atoms with E-state index in [-0.39, 0.29) is 6.09 Å². The highest BCUT2D eigenvalue weighted by Crippen LogP contribution is 2.34. The molecule has 2 aliphatic rings. The lowest BCUT2D eigenvalue weighted by Gasteiger charge is -2.36. The summed E-state index contributed by atoms with van der Waals surface area (Å²) in [7, 11) is 0. The van der Waals surface area contributed by atoms with Gasteiger partial charge < -0.3 is 24.4 Å². The number of carbonyl (C=O) groups is 1. The van der Waals surface area contributed by atoms with E-state index in [4.69, 9.17) is 21.3 Å². The van der Waals surface area contributed by atoms with Crippen LogP contribution in [0, 0.1) is 0 Å². The van der Waals surface area contributed by atoms with Gasteiger partial charge in [-0.05, 0) is 56.7 Å². The van der Waals surface area contributed by atoms with Gasteiger partial charge in [0.2, 0.25) is 0 Å². The normalized spacial score (nSPS) is 16.7. The summed E-state index contributed by atoms with van der Waals surface area (Å²) in [5.74, 6) is 0.762. The van der Waals surface area contributed by atoms with Crippen LogP contribution in [0.4, 0.5) is 16.2 Å². The van der Waals surface area contributed by atoms with Gasteiger partial charge in [-0.2, -0.15) is 0 Å². The molecule has 0 saturated carbocycles. The number of piperazine rings is 2. The number of imidazole rings is 1. The zero-order valence-electron chi connectivity index (χ0n) is 24.4. The van der Waals surface area contributed by atoms with Crippen LogP contribution in [0.15, 0.2) is 55.0 Å². The van der Waals surface area contributed by atoms with Gasteiger partial charge in [-0.1, -0.05) is 17.7 Å². The lowest BCUT2D eigenvalue weighted by molar-refractivity contribution is 0.0240. The van der Waals surface area contributed by atoms with Crippen LogP contribution in [0.1, 0.15) is 26.3 Å². The quantitative estimate of drug-likeness (QED) is 0.346. The molecule has 42 heavy (non-hydrogen) atoms. The Labute approximate surface area is 251 Å². The molecule has 0 aliphatic carbocycles. The van der Waals surface area contributed by atoms with Crippen molar-refractivity contribution < 1.29 is 9.53 Å². The highest BCUT2D eigenvalue weighted by molar-refractivity contribution is 6.34. The van der Waals surface area contributed by atoms with Crippen molar-refractivity contribution in [3.8, 4) is 11.4 Å². The molecule has 0 unspecified atom stereocenters. The third kappa shape index (κ3) is 6.29. The molecule has 3 aromatic heterocycles. The average Bonchev–Trinajstić information content (AvgIpc) is 3.42. The topological polar surface area (TPSA) is 93.7 Å². The highest BCUT2D eigenvalue weighted by atomic mass is 35.5. The van der Waals surface area contributed by atoms with E-state index in [1.807, 2.05) is 39.2 Å². The van der Waals surface area contributed by atoms with Crippen molar-refractivity contribution in [2.45, 2.75) is 32.9 Å². The Morgan fingerprint density at radius 1 is 0.952 bits per heavy atom. The molecule has 0 bridgehead atoms. The Balaban J connectivity index is 1.12. The molecular weight excluding hydrogens is 552 g/mol. The first kappa shape index (κ1) is 28.2. The van der Waals surface area contributed by atoms with Crippen LogP contribution in [-0.4, -0.2) is 93.8 Å². The van der Waals surface area contributed by atoms with Crippen molar-refractivity contribution in [1.82, 2.24) is 29.7 Å². The predicted octanol–water partition coefficient (Wildman–Crippen LogP) is 5.05. The number of fused-ring (bicyclic) bond motifs is 1. The third-order valence-corrected chi connectivity index (χ3v) is 7.97. The number of hydrogen-bond donors (Lipinski definition) is 1. The summed E-state index contributed by atoms with van der Waals surface area (Å²) in [6.07, 6.45) is 5.20. The molecular formula is C31H37ClN8O2. The van der Waals surface area contributed by atoms with Gasteiger partial charge in [0.1, 0.15) is 16.9 Å². The number of aromatic amines is 1. The Hall–Kier alpha value is -3.89. The van der Waals surface area contributed by atoms with Crippen molar-refractivity contribution in [2.24, 2.45) is 0 Å². The lowest BCUT2D eigenvalue weighted by Crippen LogP contribution is -2.50. The summed E-state index contributed by atoms with van der Waals surface area (Å²) >= 11 is 6.71. The number of rotatable bonds is 5. The van der Waals surface area contributed by atoms with Gasteiger partial charge in [-0.3, -0.25) is 9.88 Å². The summed E-state index contributed by atoms with van der Waals surface area (Å²) < 4.78 is 5.53. The molecule has 4 aromatic rings. The van der Waals surface area contributed by atoms with E-state index in [2.05, 4.69) is 60.0 Å². The number of nitrogens with zero attached hydrogens (tertiary/aromatic N) is 7. The smallest absolute Gasteiger partial charge is 0.410 e. The van der Waals surface area contributed by atoms with Gasteiger partial charge in [0.15, 0.2) is 5.65 Å². The number of anilines is 2. The van der Waals surface area contributed by atoms with E-state index < -0.39 is 5.60 Å². The first-order valence-corrected chi connectivity index (χ1v) is 14.8. The number of carbonyl (C=O) groups excluding carboxylic acids is 1. The Morgan fingerprint density at radius 2 is 1.67 bits per heavy atom. The van der Waals surface area contributed by atoms with E-state index >= 15 is 0 Å². The van der Waals surface area contributed by atoms with Gasteiger partial charge >= 0.3 is 6.09 Å². The molecule has 220 valence electrons. The fourth-order valence-corrected chi connectivity index (χ4v) is 5.80. The maximum absolute atomic E-state index is 12.4. The molecule has 2 saturated heterocycles. The van der Waals surface area contributed by atoms with Crippen LogP contribution >= 0.6 is 11.6 Å². The monoisotopic (exact) mass is 588 g/mol. The van der Waals surface area contributed by atoms with Crippen molar-refractivity contribution in [3.05, 3.63) is 65.6 Å². The Morgan fingerprint density at radius 3 is 2.33 bits per heavy atom. The number of hydrogen-bond acceptors (Lipinski definition) is 8. The number of benzene rings is 1. The van der Waals surface area contributed by atoms with Crippen LogP contribution in [0.5, 0.6) is 0 Å². The number of H-pyrrole nitrogens is 1. The van der Waals surface area contributed by atoms with Gasteiger partial charge in [0.25, 0.3) is 0 Å². The van der Waals surface area contributed by atoms with Crippen LogP contribution in [-0.2, 0) is 11.3 Å². The first-order chi connectivity index (χ1) is 20.2. The van der Waals surface area contributed by atoms with Crippen LogP contribution in [0.25, 0.3) is 22.6 Å². The number of aromatic nitrogens is 4. The molecule has 2 fully saturated rings. The summed E-state index contributed by atoms with van der Waals surface area (Å²) in [5.41, 5.74) is 5.28. The molecule has 0 spiro atoms. The number of amides is 1.